The Bertz CT molecular complexity index is 648. The number of nitrogens with two attached hydrogens (primary N) is 1. The lowest BCUT2D eigenvalue weighted by molar-refractivity contribution is -0.119. The monoisotopic (exact) mass is 513 g/mol. The molecule has 7 heteroatoms. The Kier molecular flexibility index (Phi) is 10.2. The number of amides is 1. The van der Waals surface area contributed by atoms with Crippen molar-refractivity contribution in [3.05, 3.63) is 35.9 Å². The Balaban J connectivity index is 0.00000300. The minimum absolute atomic E-state index is 0. The smallest absolute Gasteiger partial charge is 0.217 e. The summed E-state index contributed by atoms with van der Waals surface area (Å²) in [4.78, 5) is 21.3. The summed E-state index contributed by atoms with van der Waals surface area (Å²) < 4.78 is 0. The predicted molar refractivity (Wildman–Crippen MR) is 129 cm³/mol. The molecule has 0 bridgehead atoms. The molecule has 1 aromatic rings. The van der Waals surface area contributed by atoms with E-state index >= 15 is 0 Å². The number of hydrogen-bond acceptors (Lipinski definition) is 3. The van der Waals surface area contributed by atoms with Crippen LogP contribution >= 0.6 is 24.0 Å². The second kappa shape index (κ2) is 12.4. The van der Waals surface area contributed by atoms with E-state index in [1.54, 1.807) is 0 Å². The molecular weight excluding hydrogens is 477 g/mol. The number of hydrogen-bond donors (Lipinski definition) is 2. The van der Waals surface area contributed by atoms with E-state index in [1.807, 2.05) is 0 Å². The maximum absolute atomic E-state index is 11.3. The van der Waals surface area contributed by atoms with Gasteiger partial charge in [0.2, 0.25) is 5.91 Å². The second-order valence-electron chi connectivity index (χ2n) is 7.99. The minimum atomic E-state index is -0.202. The Hall–Kier alpha value is -1.35. The molecule has 3 rings (SSSR count). The van der Waals surface area contributed by atoms with Crippen LogP contribution in [0.1, 0.15) is 50.6 Å². The Morgan fingerprint density at radius 1 is 1.21 bits per heavy atom. The van der Waals surface area contributed by atoms with Crippen LogP contribution in [0.4, 0.5) is 0 Å². The van der Waals surface area contributed by atoms with Gasteiger partial charge < -0.3 is 16.0 Å². The van der Waals surface area contributed by atoms with E-state index in [0.717, 1.165) is 58.1 Å². The van der Waals surface area contributed by atoms with Gasteiger partial charge in [0.1, 0.15) is 0 Å². The topological polar surface area (TPSA) is 74.0 Å². The lowest BCUT2D eigenvalue weighted by Crippen LogP contribution is -2.47. The molecule has 3 N–H and O–H groups in total. The number of guanidine groups is 1. The fourth-order valence-electron chi connectivity index (χ4n) is 4.47. The molecule has 1 aromatic carbocycles. The molecule has 0 radical (unpaired) electrons. The molecule has 2 aliphatic heterocycles. The molecule has 0 aliphatic carbocycles. The predicted octanol–water partition coefficient (Wildman–Crippen LogP) is 2.99. The number of nitrogens with zero attached hydrogens (tertiary/aromatic N) is 3. The molecule has 0 aromatic heterocycles. The summed E-state index contributed by atoms with van der Waals surface area (Å²) in [5, 5.41) is 3.46. The molecule has 2 heterocycles. The highest BCUT2D eigenvalue weighted by Crippen LogP contribution is 2.26. The van der Waals surface area contributed by atoms with Crippen molar-refractivity contribution in [2.45, 2.75) is 45.1 Å². The second-order valence-corrected chi connectivity index (χ2v) is 7.99. The van der Waals surface area contributed by atoms with Crippen molar-refractivity contribution < 1.29 is 4.79 Å². The quantitative estimate of drug-likeness (QED) is 0.334. The number of carbonyl (C=O) groups excluding carboxylic acids is 1. The maximum atomic E-state index is 11.3. The minimum Gasteiger partial charge on any atom is -0.370 e. The number of aliphatic imine (C=N–C) groups is 1. The zero-order chi connectivity index (χ0) is 19.8. The molecule has 2 fully saturated rings. The van der Waals surface area contributed by atoms with Crippen LogP contribution in [-0.2, 0) is 4.79 Å². The Morgan fingerprint density at radius 3 is 2.59 bits per heavy atom. The van der Waals surface area contributed by atoms with Crippen LogP contribution in [0.15, 0.2) is 35.3 Å². The van der Waals surface area contributed by atoms with E-state index in [-0.39, 0.29) is 29.9 Å². The third-order valence-corrected chi connectivity index (χ3v) is 5.82. The lowest BCUT2D eigenvalue weighted by atomic mass is 9.95. The molecule has 2 atom stereocenters. The van der Waals surface area contributed by atoms with E-state index in [0.29, 0.717) is 18.4 Å². The number of halogens is 1. The van der Waals surface area contributed by atoms with Gasteiger partial charge in [-0.2, -0.15) is 0 Å². The number of nitrogens with one attached hydrogen (secondary N) is 1. The first-order valence-electron chi connectivity index (χ1n) is 10.8. The van der Waals surface area contributed by atoms with Crippen molar-refractivity contribution in [3.8, 4) is 0 Å². The summed E-state index contributed by atoms with van der Waals surface area (Å²) in [5.41, 5.74) is 6.77. The van der Waals surface area contributed by atoms with E-state index in [2.05, 4.69) is 52.4 Å². The highest BCUT2D eigenvalue weighted by molar-refractivity contribution is 14.0. The van der Waals surface area contributed by atoms with Crippen LogP contribution in [-0.4, -0.2) is 60.9 Å². The van der Waals surface area contributed by atoms with Crippen molar-refractivity contribution in [2.75, 3.05) is 39.3 Å². The van der Waals surface area contributed by atoms with Gasteiger partial charge in [0.05, 0.1) is 12.6 Å². The van der Waals surface area contributed by atoms with E-state index in [1.165, 1.54) is 18.4 Å². The SMILES string of the molecule is CCNC(=NCC(c1ccccc1)N1CCCC1)N1CCCC(CC(N)=O)C1.I. The van der Waals surface area contributed by atoms with Crippen molar-refractivity contribution in [2.24, 2.45) is 16.6 Å². The summed E-state index contributed by atoms with van der Waals surface area (Å²) in [7, 11) is 0. The first-order valence-corrected chi connectivity index (χ1v) is 10.8. The van der Waals surface area contributed by atoms with Crippen LogP contribution in [0.3, 0.4) is 0 Å². The third kappa shape index (κ3) is 7.13. The van der Waals surface area contributed by atoms with E-state index < -0.39 is 0 Å². The summed E-state index contributed by atoms with van der Waals surface area (Å²) in [6, 6.07) is 11.1. The first kappa shape index (κ1) is 23.9. The van der Waals surface area contributed by atoms with Gasteiger partial charge in [-0.1, -0.05) is 30.3 Å². The first-order chi connectivity index (χ1) is 13.7. The number of benzene rings is 1. The number of carbonyl (C=O) groups is 1. The molecule has 0 saturated carbocycles. The van der Waals surface area contributed by atoms with Crippen LogP contribution in [0, 0.1) is 5.92 Å². The van der Waals surface area contributed by atoms with E-state index in [4.69, 9.17) is 10.7 Å². The molecule has 2 unspecified atom stereocenters. The third-order valence-electron chi connectivity index (χ3n) is 5.82. The summed E-state index contributed by atoms with van der Waals surface area (Å²) >= 11 is 0. The average Bonchev–Trinajstić information content (AvgIpc) is 3.22. The summed E-state index contributed by atoms with van der Waals surface area (Å²) in [5.74, 6) is 1.10. The molecule has 6 nitrogen and oxygen atoms in total. The van der Waals surface area contributed by atoms with Crippen LogP contribution in [0.2, 0.25) is 0 Å². The number of rotatable bonds is 7. The van der Waals surface area contributed by atoms with Crippen molar-refractivity contribution in [1.82, 2.24) is 15.1 Å². The highest BCUT2D eigenvalue weighted by Gasteiger charge is 2.26. The molecular formula is C22H36IN5O. The zero-order valence-corrected chi connectivity index (χ0v) is 19.9. The van der Waals surface area contributed by atoms with Crippen molar-refractivity contribution >= 4 is 35.8 Å². The number of primary amides is 1. The normalized spacial score (nSPS) is 21.5. The van der Waals surface area contributed by atoms with Gasteiger partial charge in [-0.3, -0.25) is 14.7 Å². The molecule has 1 amide bonds. The molecule has 162 valence electrons. The fraction of sp³-hybridized carbons (Fsp3) is 0.636. The van der Waals surface area contributed by atoms with Gasteiger partial charge in [0.25, 0.3) is 0 Å². The average molecular weight is 513 g/mol. The Morgan fingerprint density at radius 2 is 1.93 bits per heavy atom. The van der Waals surface area contributed by atoms with Crippen molar-refractivity contribution in [1.29, 1.82) is 0 Å². The fourth-order valence-corrected chi connectivity index (χ4v) is 4.47. The zero-order valence-electron chi connectivity index (χ0n) is 17.6. The summed E-state index contributed by atoms with van der Waals surface area (Å²) in [6.07, 6.45) is 5.16. The van der Waals surface area contributed by atoms with E-state index in [9.17, 15) is 4.79 Å². The molecule has 2 saturated heterocycles. The molecule has 2 aliphatic rings. The largest absolute Gasteiger partial charge is 0.370 e. The van der Waals surface area contributed by atoms with Gasteiger partial charge in [-0.15, -0.1) is 24.0 Å². The highest BCUT2D eigenvalue weighted by atomic mass is 127. The molecule has 0 spiro atoms. The van der Waals surface area contributed by atoms with Gasteiger partial charge in [0.15, 0.2) is 5.96 Å². The van der Waals surface area contributed by atoms with Crippen LogP contribution in [0.25, 0.3) is 0 Å². The number of likely N-dealkylation sites (tertiary alicyclic amines) is 2. The molecule has 29 heavy (non-hydrogen) atoms. The Labute approximate surface area is 192 Å². The van der Waals surface area contributed by atoms with Gasteiger partial charge in [-0.05, 0) is 57.2 Å². The van der Waals surface area contributed by atoms with Crippen LogP contribution < -0.4 is 11.1 Å². The maximum Gasteiger partial charge on any atom is 0.217 e. The standard InChI is InChI=1S/C22H35N5O.HI/c1-2-24-22(27-14-8-9-18(17-27)15-21(23)28)25-16-20(26-12-6-7-13-26)19-10-4-3-5-11-19;/h3-5,10-11,18,20H,2,6-9,12-17H2,1H3,(H2,23,28)(H,24,25);1H. The number of piperidine rings is 1. The lowest BCUT2D eigenvalue weighted by Gasteiger charge is -2.35. The van der Waals surface area contributed by atoms with Gasteiger partial charge in [-0.25, -0.2) is 0 Å². The van der Waals surface area contributed by atoms with Gasteiger partial charge >= 0.3 is 0 Å². The summed E-state index contributed by atoms with van der Waals surface area (Å²) in [6.45, 7) is 7.84. The van der Waals surface area contributed by atoms with Crippen molar-refractivity contribution in [3.63, 3.8) is 0 Å². The van der Waals surface area contributed by atoms with Crippen LogP contribution in [0.5, 0.6) is 0 Å². The van der Waals surface area contributed by atoms with Gasteiger partial charge in [0, 0.05) is 26.1 Å².